The summed E-state index contributed by atoms with van der Waals surface area (Å²) in [5.41, 5.74) is 8.86. The Kier molecular flexibility index (Phi) is 7.77. The number of ether oxygens (including phenoxy) is 1. The minimum Gasteiger partial charge on any atom is -0.437 e. The molecule has 0 saturated heterocycles. The molecule has 0 atom stereocenters. The van der Waals surface area contributed by atoms with Crippen molar-refractivity contribution in [3.63, 3.8) is 0 Å². The molecule has 41 heavy (non-hydrogen) atoms. The molecule has 4 aromatic rings. The number of hydrogen-bond acceptors (Lipinski definition) is 8. The Balaban J connectivity index is 1.31. The highest BCUT2D eigenvalue weighted by Gasteiger charge is 2.29. The van der Waals surface area contributed by atoms with E-state index in [4.69, 9.17) is 15.5 Å². The zero-order valence-corrected chi connectivity index (χ0v) is 24.0. The van der Waals surface area contributed by atoms with Gasteiger partial charge in [0.25, 0.3) is 0 Å². The molecule has 2 fully saturated rings. The van der Waals surface area contributed by atoms with Gasteiger partial charge in [-0.15, -0.1) is 0 Å². The van der Waals surface area contributed by atoms with Crippen molar-refractivity contribution < 1.29 is 13.2 Å². The Morgan fingerprint density at radius 3 is 2.44 bits per heavy atom. The largest absolute Gasteiger partial charge is 0.437 e. The lowest BCUT2D eigenvalue weighted by Gasteiger charge is -2.26. The zero-order chi connectivity index (χ0) is 28.4. The summed E-state index contributed by atoms with van der Waals surface area (Å²) in [5.74, 6) is 1.60. The molecule has 2 heterocycles. The average Bonchev–Trinajstić information content (AvgIpc) is 3.53. The predicted octanol–water partition coefficient (Wildman–Crippen LogP) is 6.16. The van der Waals surface area contributed by atoms with Crippen LogP contribution < -0.4 is 20.5 Å². The molecular weight excluding hydrogens is 536 g/mol. The third-order valence-electron chi connectivity index (χ3n) is 8.18. The number of nitrogens with two attached hydrogens (primary N) is 1. The Labute approximate surface area is 241 Å². The predicted molar refractivity (Wildman–Crippen MR) is 163 cm³/mol. The number of benzene rings is 2. The van der Waals surface area contributed by atoms with E-state index in [1.54, 1.807) is 12.4 Å². The van der Waals surface area contributed by atoms with E-state index >= 15 is 0 Å². The second kappa shape index (κ2) is 11.6. The van der Waals surface area contributed by atoms with Gasteiger partial charge < -0.3 is 15.8 Å². The Hall–Kier alpha value is -3.76. The number of nitrogens with one attached hydrogen (secondary N) is 2. The molecule has 0 amide bonds. The van der Waals surface area contributed by atoms with Crippen molar-refractivity contribution in [3.8, 4) is 22.9 Å². The van der Waals surface area contributed by atoms with Crippen LogP contribution in [0.25, 0.3) is 22.0 Å². The molecule has 9 nitrogen and oxygen atoms in total. The first kappa shape index (κ1) is 27.4. The maximum atomic E-state index is 13.1. The van der Waals surface area contributed by atoms with Crippen LogP contribution in [0.5, 0.6) is 11.6 Å². The van der Waals surface area contributed by atoms with Crippen LogP contribution in [0, 0.1) is 6.92 Å². The van der Waals surface area contributed by atoms with Crippen LogP contribution in [-0.2, 0) is 10.0 Å². The van der Waals surface area contributed by atoms with Crippen molar-refractivity contribution in [2.24, 2.45) is 5.73 Å². The minimum atomic E-state index is -3.48. The molecule has 4 N–H and O–H groups in total. The lowest BCUT2D eigenvalue weighted by atomic mass is 9.92. The smallest absolute Gasteiger partial charge is 0.235 e. The molecule has 0 aliphatic heterocycles. The summed E-state index contributed by atoms with van der Waals surface area (Å²) in [4.78, 5) is 13.8. The van der Waals surface area contributed by atoms with Gasteiger partial charge >= 0.3 is 0 Å². The van der Waals surface area contributed by atoms with Gasteiger partial charge in [0.2, 0.25) is 21.9 Å². The normalized spacial score (nSPS) is 19.8. The maximum Gasteiger partial charge on any atom is 0.235 e. The molecule has 2 aliphatic rings. The number of aromatic nitrogens is 3. The Morgan fingerprint density at radius 1 is 0.902 bits per heavy atom. The van der Waals surface area contributed by atoms with E-state index < -0.39 is 10.0 Å². The van der Waals surface area contributed by atoms with Crippen LogP contribution in [0.1, 0.15) is 56.9 Å². The van der Waals surface area contributed by atoms with E-state index in [-0.39, 0.29) is 11.3 Å². The lowest BCUT2D eigenvalue weighted by Crippen LogP contribution is -2.33. The fourth-order valence-electron chi connectivity index (χ4n) is 5.93. The highest BCUT2D eigenvalue weighted by atomic mass is 32.2. The molecule has 0 bridgehead atoms. The van der Waals surface area contributed by atoms with Gasteiger partial charge in [-0.3, -0.25) is 4.72 Å². The molecule has 2 aromatic carbocycles. The van der Waals surface area contributed by atoms with E-state index in [1.807, 2.05) is 55.5 Å². The van der Waals surface area contributed by atoms with Crippen LogP contribution in [0.15, 0.2) is 60.9 Å². The third kappa shape index (κ3) is 5.99. The van der Waals surface area contributed by atoms with Crippen molar-refractivity contribution >= 4 is 32.4 Å². The first-order valence-electron chi connectivity index (χ1n) is 14.4. The second-order valence-electron chi connectivity index (χ2n) is 11.1. The van der Waals surface area contributed by atoms with E-state index in [0.717, 1.165) is 60.4 Å². The number of pyridine rings is 1. The highest BCUT2D eigenvalue weighted by Crippen LogP contribution is 2.40. The van der Waals surface area contributed by atoms with E-state index in [9.17, 15) is 8.42 Å². The van der Waals surface area contributed by atoms with Gasteiger partial charge in [0.1, 0.15) is 5.75 Å². The van der Waals surface area contributed by atoms with Gasteiger partial charge in [0, 0.05) is 35.2 Å². The summed E-state index contributed by atoms with van der Waals surface area (Å²) >= 11 is 0. The van der Waals surface area contributed by atoms with Gasteiger partial charge in [0.05, 0.1) is 22.2 Å². The van der Waals surface area contributed by atoms with Crippen molar-refractivity contribution in [2.45, 2.75) is 75.6 Å². The molecule has 214 valence electrons. The lowest BCUT2D eigenvalue weighted by molar-refractivity contribution is 0.410. The number of aryl methyl sites for hydroxylation is 1. The molecule has 2 aromatic heterocycles. The first-order valence-corrected chi connectivity index (χ1v) is 15.9. The maximum absolute atomic E-state index is 13.1. The molecule has 2 saturated carbocycles. The fourth-order valence-corrected chi connectivity index (χ4v) is 7.53. The summed E-state index contributed by atoms with van der Waals surface area (Å²) in [6, 6.07) is 15.7. The topological polar surface area (TPSA) is 132 Å². The monoisotopic (exact) mass is 572 g/mol. The number of anilines is 2. The molecule has 2 aliphatic carbocycles. The van der Waals surface area contributed by atoms with Crippen LogP contribution in [0.3, 0.4) is 0 Å². The molecular formula is C31H36N6O3S. The van der Waals surface area contributed by atoms with Crippen LogP contribution in [-0.4, -0.2) is 40.7 Å². The Bertz CT molecular complexity index is 1650. The van der Waals surface area contributed by atoms with E-state index in [2.05, 4.69) is 20.0 Å². The highest BCUT2D eigenvalue weighted by molar-refractivity contribution is 7.93. The van der Waals surface area contributed by atoms with E-state index in [1.165, 1.54) is 0 Å². The van der Waals surface area contributed by atoms with Crippen LogP contribution in [0.4, 0.5) is 11.6 Å². The van der Waals surface area contributed by atoms with Crippen LogP contribution in [0.2, 0.25) is 0 Å². The molecule has 0 radical (unpaired) electrons. The number of fused-ring (bicyclic) bond motifs is 1. The zero-order valence-electron chi connectivity index (χ0n) is 23.2. The number of rotatable bonds is 8. The van der Waals surface area contributed by atoms with Gasteiger partial charge in [-0.05, 0) is 75.3 Å². The summed E-state index contributed by atoms with van der Waals surface area (Å²) in [6.45, 7) is 1.92. The molecule has 0 unspecified atom stereocenters. The summed E-state index contributed by atoms with van der Waals surface area (Å²) in [7, 11) is -3.48. The SMILES string of the molecule is Cc1cc(NS(=O)(=O)C2CCCC2)c2ccccc2c1Oc1ncccc1-c1ccnc(N[C@H]2CC[C@H](N)CC2)n1. The van der Waals surface area contributed by atoms with Crippen LogP contribution >= 0.6 is 0 Å². The van der Waals surface area contributed by atoms with Gasteiger partial charge in [0.15, 0.2) is 0 Å². The Morgan fingerprint density at radius 2 is 1.66 bits per heavy atom. The van der Waals surface area contributed by atoms with Crippen molar-refractivity contribution in [1.29, 1.82) is 0 Å². The average molecular weight is 573 g/mol. The number of nitrogens with zero attached hydrogens (tertiary/aromatic N) is 3. The fraction of sp³-hybridized carbons (Fsp3) is 0.387. The summed E-state index contributed by atoms with van der Waals surface area (Å²) in [6.07, 6.45) is 10.7. The standard InChI is InChI=1S/C31H36N6O3S/c1-20-19-28(37-41(38,39)23-7-2-3-8-23)24-9-4-5-10-25(24)29(20)40-30-26(11-6-17-33-30)27-16-18-34-31(36-27)35-22-14-12-21(32)13-15-22/h4-6,9-11,16-19,21-23,37H,2-3,7-8,12-15,32H2,1H3,(H,34,35,36)/t21-,22-. The van der Waals surface area contributed by atoms with Gasteiger partial charge in [-0.25, -0.2) is 23.4 Å². The summed E-state index contributed by atoms with van der Waals surface area (Å²) < 4.78 is 35.7. The quantitative estimate of drug-likeness (QED) is 0.229. The van der Waals surface area contributed by atoms with Crippen molar-refractivity contribution in [1.82, 2.24) is 15.0 Å². The van der Waals surface area contributed by atoms with Gasteiger partial charge in [-0.2, -0.15) is 0 Å². The summed E-state index contributed by atoms with van der Waals surface area (Å²) in [5, 5.41) is 4.68. The van der Waals surface area contributed by atoms with Crippen molar-refractivity contribution in [2.75, 3.05) is 10.0 Å². The van der Waals surface area contributed by atoms with Gasteiger partial charge in [-0.1, -0.05) is 37.1 Å². The molecule has 6 rings (SSSR count). The van der Waals surface area contributed by atoms with E-state index in [0.29, 0.717) is 47.8 Å². The molecule has 0 spiro atoms. The number of hydrogen-bond donors (Lipinski definition) is 3. The first-order chi connectivity index (χ1) is 19.9. The minimum absolute atomic E-state index is 0.275. The van der Waals surface area contributed by atoms with Crippen molar-refractivity contribution in [3.05, 3.63) is 66.5 Å². The number of sulfonamides is 1. The second-order valence-corrected chi connectivity index (χ2v) is 13.1. The third-order valence-corrected chi connectivity index (χ3v) is 10.0. The molecule has 10 heteroatoms.